The van der Waals surface area contributed by atoms with Gasteiger partial charge in [0.15, 0.2) is 11.5 Å². The van der Waals surface area contributed by atoms with Crippen molar-refractivity contribution in [2.45, 2.75) is 11.3 Å². The summed E-state index contributed by atoms with van der Waals surface area (Å²) in [6.45, 7) is 0.258. The highest BCUT2D eigenvalue weighted by atomic mass is 32.2. The van der Waals surface area contributed by atoms with Crippen LogP contribution in [0.4, 0.5) is 0 Å². The lowest BCUT2D eigenvalue weighted by Gasteiger charge is -2.06. The van der Waals surface area contributed by atoms with E-state index in [0.29, 0.717) is 17.9 Å². The average Bonchev–Trinajstić information content (AvgIpc) is 2.76. The average molecular weight is 259 g/mol. The molecule has 1 aliphatic heterocycles. The lowest BCUT2D eigenvalue weighted by atomic mass is 10.3. The summed E-state index contributed by atoms with van der Waals surface area (Å²) in [6.07, 6.45) is 0.379. The Morgan fingerprint density at radius 3 is 2.82 bits per heavy atom. The number of nitrogens with one attached hydrogen (secondary N) is 1. The van der Waals surface area contributed by atoms with Crippen molar-refractivity contribution in [2.75, 3.05) is 19.9 Å². The topological polar surface area (TPSA) is 84.9 Å². The lowest BCUT2D eigenvalue weighted by molar-refractivity contribution is 0.174. The molecule has 6 nitrogen and oxygen atoms in total. The number of aliphatic hydroxyl groups excluding tert-OH is 1. The smallest absolute Gasteiger partial charge is 0.240 e. The number of rotatable bonds is 5. The number of fused-ring (bicyclic) bond motifs is 1. The third-order valence-electron chi connectivity index (χ3n) is 2.28. The van der Waals surface area contributed by atoms with Gasteiger partial charge in [0.05, 0.1) is 4.90 Å². The SMILES string of the molecule is O=S(=O)(NCCCO)c1ccc2c(c1)OCO2. The van der Waals surface area contributed by atoms with Crippen molar-refractivity contribution in [1.82, 2.24) is 4.72 Å². The second-order valence-electron chi connectivity index (χ2n) is 3.49. The number of hydrogen-bond donors (Lipinski definition) is 2. The second-order valence-corrected chi connectivity index (χ2v) is 5.26. The Kier molecular flexibility index (Phi) is 3.51. The van der Waals surface area contributed by atoms with E-state index < -0.39 is 10.0 Å². The van der Waals surface area contributed by atoms with Crippen LogP contribution in [0.5, 0.6) is 11.5 Å². The lowest BCUT2D eigenvalue weighted by Crippen LogP contribution is -2.25. The van der Waals surface area contributed by atoms with Crippen molar-refractivity contribution < 1.29 is 23.0 Å². The molecule has 0 radical (unpaired) electrons. The standard InChI is InChI=1S/C10H13NO5S/c12-5-1-4-11-17(13,14)8-2-3-9-10(6-8)16-7-15-9/h2-3,6,11-12H,1,4-5,7H2. The van der Waals surface area contributed by atoms with Crippen LogP contribution in [0.2, 0.25) is 0 Å². The van der Waals surface area contributed by atoms with Crippen molar-refractivity contribution in [3.8, 4) is 11.5 Å². The Bertz CT molecular complexity index is 499. The molecule has 0 aliphatic carbocycles. The van der Waals surface area contributed by atoms with Crippen LogP contribution < -0.4 is 14.2 Å². The van der Waals surface area contributed by atoms with Gasteiger partial charge >= 0.3 is 0 Å². The van der Waals surface area contributed by atoms with Crippen LogP contribution in [-0.2, 0) is 10.0 Å². The van der Waals surface area contributed by atoms with Crippen LogP contribution in [0.15, 0.2) is 23.1 Å². The van der Waals surface area contributed by atoms with E-state index >= 15 is 0 Å². The fraction of sp³-hybridized carbons (Fsp3) is 0.400. The summed E-state index contributed by atoms with van der Waals surface area (Å²) in [5, 5.41) is 8.59. The maximum absolute atomic E-state index is 11.8. The monoisotopic (exact) mass is 259 g/mol. The van der Waals surface area contributed by atoms with Gasteiger partial charge < -0.3 is 14.6 Å². The van der Waals surface area contributed by atoms with E-state index in [9.17, 15) is 8.42 Å². The molecule has 0 atom stereocenters. The molecule has 0 saturated carbocycles. The Balaban J connectivity index is 2.16. The number of sulfonamides is 1. The van der Waals surface area contributed by atoms with E-state index in [1.165, 1.54) is 12.1 Å². The number of hydrogen-bond acceptors (Lipinski definition) is 5. The molecular weight excluding hydrogens is 246 g/mol. The van der Waals surface area contributed by atoms with Gasteiger partial charge in [-0.1, -0.05) is 0 Å². The fourth-order valence-electron chi connectivity index (χ4n) is 1.41. The van der Waals surface area contributed by atoms with Crippen LogP contribution in [0.25, 0.3) is 0 Å². The molecule has 0 amide bonds. The second kappa shape index (κ2) is 4.91. The summed E-state index contributed by atoms with van der Waals surface area (Å²) in [5.41, 5.74) is 0. The van der Waals surface area contributed by atoms with Gasteiger partial charge in [-0.05, 0) is 18.6 Å². The van der Waals surface area contributed by atoms with E-state index in [0.717, 1.165) is 0 Å². The molecule has 1 aromatic carbocycles. The zero-order valence-corrected chi connectivity index (χ0v) is 9.87. The van der Waals surface area contributed by atoms with Gasteiger partial charge in [0.25, 0.3) is 0 Å². The first-order valence-corrected chi connectivity index (χ1v) is 6.62. The van der Waals surface area contributed by atoms with Gasteiger partial charge in [-0.2, -0.15) is 0 Å². The van der Waals surface area contributed by atoms with Crippen molar-refractivity contribution in [2.24, 2.45) is 0 Å². The molecule has 0 bridgehead atoms. The molecule has 0 fully saturated rings. The molecule has 2 N–H and O–H groups in total. The van der Waals surface area contributed by atoms with Crippen LogP contribution in [0, 0.1) is 0 Å². The van der Waals surface area contributed by atoms with Crippen LogP contribution in [0.1, 0.15) is 6.42 Å². The summed E-state index contributed by atoms with van der Waals surface area (Å²) < 4.78 is 36.2. The molecule has 0 spiro atoms. The zero-order chi connectivity index (χ0) is 12.3. The first-order valence-electron chi connectivity index (χ1n) is 5.13. The minimum Gasteiger partial charge on any atom is -0.454 e. The molecular formula is C10H13NO5S. The molecule has 7 heteroatoms. The Labute approximate surface area is 99.2 Å². The summed E-state index contributed by atoms with van der Waals surface area (Å²) in [7, 11) is -3.55. The molecule has 1 aromatic rings. The van der Waals surface area contributed by atoms with E-state index in [1.54, 1.807) is 6.07 Å². The Morgan fingerprint density at radius 1 is 1.29 bits per heavy atom. The van der Waals surface area contributed by atoms with Gasteiger partial charge in [0, 0.05) is 19.2 Å². The molecule has 17 heavy (non-hydrogen) atoms. The molecule has 94 valence electrons. The third-order valence-corrected chi connectivity index (χ3v) is 3.74. The highest BCUT2D eigenvalue weighted by Crippen LogP contribution is 2.33. The van der Waals surface area contributed by atoms with Crippen molar-refractivity contribution in [1.29, 1.82) is 0 Å². The summed E-state index contributed by atoms with van der Waals surface area (Å²) in [4.78, 5) is 0.125. The maximum atomic E-state index is 11.8. The Hall–Kier alpha value is -1.31. The number of aliphatic hydroxyl groups is 1. The molecule has 1 heterocycles. The first-order chi connectivity index (χ1) is 8.13. The first kappa shape index (κ1) is 12.2. The highest BCUT2D eigenvalue weighted by molar-refractivity contribution is 7.89. The van der Waals surface area contributed by atoms with Gasteiger partial charge in [-0.25, -0.2) is 13.1 Å². The molecule has 1 aliphatic rings. The molecule has 0 aromatic heterocycles. The van der Waals surface area contributed by atoms with Crippen molar-refractivity contribution >= 4 is 10.0 Å². The predicted octanol–water partition coefficient (Wildman–Crippen LogP) is 0.0760. The van der Waals surface area contributed by atoms with Crippen LogP contribution in [0.3, 0.4) is 0 Å². The maximum Gasteiger partial charge on any atom is 0.240 e. The largest absolute Gasteiger partial charge is 0.454 e. The Morgan fingerprint density at radius 2 is 2.06 bits per heavy atom. The summed E-state index contributed by atoms with van der Waals surface area (Å²) in [6, 6.07) is 4.43. The number of benzene rings is 1. The van der Waals surface area contributed by atoms with Gasteiger partial charge in [-0.15, -0.1) is 0 Å². The minimum absolute atomic E-state index is 0.0519. The summed E-state index contributed by atoms with van der Waals surface area (Å²) >= 11 is 0. The van der Waals surface area contributed by atoms with Crippen LogP contribution in [-0.4, -0.2) is 33.5 Å². The van der Waals surface area contributed by atoms with E-state index in [4.69, 9.17) is 14.6 Å². The van der Waals surface area contributed by atoms with E-state index in [-0.39, 0.29) is 24.8 Å². The van der Waals surface area contributed by atoms with E-state index in [2.05, 4.69) is 4.72 Å². The number of ether oxygens (including phenoxy) is 2. The molecule has 0 unspecified atom stereocenters. The van der Waals surface area contributed by atoms with E-state index in [1.807, 2.05) is 0 Å². The van der Waals surface area contributed by atoms with Gasteiger partial charge in [0.2, 0.25) is 16.8 Å². The molecule has 0 saturated heterocycles. The zero-order valence-electron chi connectivity index (χ0n) is 9.05. The van der Waals surface area contributed by atoms with Gasteiger partial charge in [0.1, 0.15) is 0 Å². The highest BCUT2D eigenvalue weighted by Gasteiger charge is 2.19. The summed E-state index contributed by atoms with van der Waals surface area (Å²) in [5.74, 6) is 0.967. The fourth-order valence-corrected chi connectivity index (χ4v) is 2.50. The van der Waals surface area contributed by atoms with Gasteiger partial charge in [-0.3, -0.25) is 0 Å². The third kappa shape index (κ3) is 2.68. The quantitative estimate of drug-likeness (QED) is 0.731. The molecule has 2 rings (SSSR count). The predicted molar refractivity (Wildman–Crippen MR) is 59.5 cm³/mol. The van der Waals surface area contributed by atoms with Crippen LogP contribution >= 0.6 is 0 Å². The minimum atomic E-state index is -3.55. The normalized spacial score (nSPS) is 13.9. The van der Waals surface area contributed by atoms with Crippen molar-refractivity contribution in [3.05, 3.63) is 18.2 Å². The van der Waals surface area contributed by atoms with Crippen molar-refractivity contribution in [3.63, 3.8) is 0 Å².